The van der Waals surface area contributed by atoms with Crippen LogP contribution < -0.4 is 5.73 Å². The summed E-state index contributed by atoms with van der Waals surface area (Å²) in [4.78, 5) is 10.6. The van der Waals surface area contributed by atoms with Crippen LogP contribution in [0.3, 0.4) is 0 Å². The van der Waals surface area contributed by atoms with E-state index in [1.807, 2.05) is 30.3 Å². The highest BCUT2D eigenvalue weighted by molar-refractivity contribution is 7.99. The van der Waals surface area contributed by atoms with Gasteiger partial charge in [0, 0.05) is 12.2 Å². The van der Waals surface area contributed by atoms with E-state index >= 15 is 0 Å². The average Bonchev–Trinajstić information content (AvgIpc) is 2.84. The van der Waals surface area contributed by atoms with Gasteiger partial charge in [-0.25, -0.2) is 0 Å². The summed E-state index contributed by atoms with van der Waals surface area (Å²) < 4.78 is 1.68. The Bertz CT molecular complexity index is 513. The van der Waals surface area contributed by atoms with E-state index in [1.54, 1.807) is 4.68 Å². The summed E-state index contributed by atoms with van der Waals surface area (Å²) >= 11 is 1.51. The summed E-state index contributed by atoms with van der Waals surface area (Å²) in [6.07, 6.45) is 1.11. The fourth-order valence-corrected chi connectivity index (χ4v) is 2.24. The summed E-state index contributed by atoms with van der Waals surface area (Å²) in [7, 11) is 0. The van der Waals surface area contributed by atoms with Gasteiger partial charge in [0.05, 0.1) is 5.69 Å². The van der Waals surface area contributed by atoms with Crippen molar-refractivity contribution in [2.45, 2.75) is 18.0 Å². The largest absolute Gasteiger partial charge is 0.370 e. The van der Waals surface area contributed by atoms with Crippen molar-refractivity contribution in [3.63, 3.8) is 0 Å². The lowest BCUT2D eigenvalue weighted by Crippen LogP contribution is -2.10. The minimum absolute atomic E-state index is 0.279. The molecule has 0 radical (unpaired) electrons. The maximum absolute atomic E-state index is 10.6. The molecule has 0 bridgehead atoms. The second-order valence-electron chi connectivity index (χ2n) is 3.63. The third-order valence-electron chi connectivity index (χ3n) is 2.24. The van der Waals surface area contributed by atoms with Crippen LogP contribution in [-0.4, -0.2) is 31.9 Å². The van der Waals surface area contributed by atoms with Gasteiger partial charge in [0.25, 0.3) is 0 Å². The molecule has 1 heterocycles. The number of thioether (sulfide) groups is 1. The third kappa shape index (κ3) is 3.30. The average molecular weight is 263 g/mol. The molecule has 0 aliphatic carbocycles. The molecule has 6 nitrogen and oxygen atoms in total. The number of amides is 1. The number of hydrogen-bond acceptors (Lipinski definition) is 5. The summed E-state index contributed by atoms with van der Waals surface area (Å²) in [5.74, 6) is 0.481. The van der Waals surface area contributed by atoms with Crippen LogP contribution in [0.25, 0.3) is 5.69 Å². The lowest BCUT2D eigenvalue weighted by molar-refractivity contribution is -0.118. The van der Waals surface area contributed by atoms with Crippen LogP contribution in [0.15, 0.2) is 35.5 Å². The lowest BCUT2D eigenvalue weighted by atomic mass is 10.3. The van der Waals surface area contributed by atoms with Crippen molar-refractivity contribution in [1.29, 1.82) is 0 Å². The maximum Gasteiger partial charge on any atom is 0.217 e. The molecule has 1 aromatic carbocycles. The van der Waals surface area contributed by atoms with Crippen LogP contribution in [0.4, 0.5) is 0 Å². The molecule has 0 unspecified atom stereocenters. The predicted molar refractivity (Wildman–Crippen MR) is 68.3 cm³/mol. The summed E-state index contributed by atoms with van der Waals surface area (Å²) in [6.45, 7) is 0. The Labute approximate surface area is 109 Å². The Balaban J connectivity index is 1.98. The number of hydrogen-bond donors (Lipinski definition) is 1. The zero-order valence-electron chi connectivity index (χ0n) is 9.69. The van der Waals surface area contributed by atoms with Crippen molar-refractivity contribution >= 4 is 17.7 Å². The Morgan fingerprint density at radius 3 is 2.83 bits per heavy atom. The monoisotopic (exact) mass is 263 g/mol. The van der Waals surface area contributed by atoms with Gasteiger partial charge >= 0.3 is 0 Å². The molecule has 7 heteroatoms. The first-order valence-electron chi connectivity index (χ1n) is 5.52. The second kappa shape index (κ2) is 6.15. The number of nitrogens with two attached hydrogens (primary N) is 1. The molecular weight excluding hydrogens is 250 g/mol. The van der Waals surface area contributed by atoms with E-state index in [0.717, 1.165) is 17.9 Å². The number of tetrazole rings is 1. The van der Waals surface area contributed by atoms with Crippen LogP contribution in [0.2, 0.25) is 0 Å². The normalized spacial score (nSPS) is 10.4. The van der Waals surface area contributed by atoms with Gasteiger partial charge in [0.2, 0.25) is 11.1 Å². The molecular formula is C11H13N5OS. The molecule has 0 aliphatic heterocycles. The Morgan fingerprint density at radius 2 is 2.11 bits per heavy atom. The van der Waals surface area contributed by atoms with Crippen LogP contribution in [0.5, 0.6) is 0 Å². The van der Waals surface area contributed by atoms with Crippen molar-refractivity contribution in [2.24, 2.45) is 5.73 Å². The molecule has 2 aromatic rings. The van der Waals surface area contributed by atoms with Crippen molar-refractivity contribution in [3.8, 4) is 5.69 Å². The molecule has 0 saturated carbocycles. The smallest absolute Gasteiger partial charge is 0.217 e. The van der Waals surface area contributed by atoms with Crippen LogP contribution in [0.1, 0.15) is 12.8 Å². The zero-order chi connectivity index (χ0) is 12.8. The van der Waals surface area contributed by atoms with E-state index in [-0.39, 0.29) is 5.91 Å². The number of nitrogens with zero attached hydrogens (tertiary/aromatic N) is 4. The maximum atomic E-state index is 10.6. The minimum Gasteiger partial charge on any atom is -0.370 e. The number of rotatable bonds is 6. The van der Waals surface area contributed by atoms with Crippen molar-refractivity contribution in [3.05, 3.63) is 30.3 Å². The summed E-state index contributed by atoms with van der Waals surface area (Å²) in [5.41, 5.74) is 6.00. The van der Waals surface area contributed by atoms with Gasteiger partial charge in [0.15, 0.2) is 0 Å². The lowest BCUT2D eigenvalue weighted by Gasteiger charge is -2.03. The van der Waals surface area contributed by atoms with Gasteiger partial charge in [0.1, 0.15) is 0 Å². The Hall–Kier alpha value is -1.89. The van der Waals surface area contributed by atoms with Gasteiger partial charge in [-0.3, -0.25) is 4.79 Å². The van der Waals surface area contributed by atoms with Gasteiger partial charge < -0.3 is 5.73 Å². The topological polar surface area (TPSA) is 86.7 Å². The quantitative estimate of drug-likeness (QED) is 0.621. The highest BCUT2D eigenvalue weighted by Crippen LogP contribution is 2.18. The van der Waals surface area contributed by atoms with Crippen LogP contribution in [-0.2, 0) is 4.79 Å². The molecule has 0 aliphatic rings. The zero-order valence-corrected chi connectivity index (χ0v) is 10.5. The number of carbonyl (C=O) groups excluding carboxylic acids is 1. The van der Waals surface area contributed by atoms with E-state index in [1.165, 1.54) is 11.8 Å². The molecule has 0 saturated heterocycles. The number of aromatic nitrogens is 4. The molecule has 2 rings (SSSR count). The number of benzene rings is 1. The summed E-state index contributed by atoms with van der Waals surface area (Å²) in [6, 6.07) is 9.66. The Kier molecular flexibility index (Phi) is 4.30. The van der Waals surface area contributed by atoms with Crippen molar-refractivity contribution in [2.75, 3.05) is 5.75 Å². The minimum atomic E-state index is -0.279. The van der Waals surface area contributed by atoms with Gasteiger partial charge in [-0.15, -0.1) is 5.10 Å². The highest BCUT2D eigenvalue weighted by atomic mass is 32.2. The standard InChI is InChI=1S/C11H13N5OS/c12-10(17)7-4-8-18-11-13-14-15-16(11)9-5-2-1-3-6-9/h1-3,5-6H,4,7-8H2,(H2,12,17). The molecule has 0 spiro atoms. The fraction of sp³-hybridized carbons (Fsp3) is 0.273. The van der Waals surface area contributed by atoms with E-state index in [0.29, 0.717) is 11.6 Å². The third-order valence-corrected chi connectivity index (χ3v) is 3.25. The fourth-order valence-electron chi connectivity index (χ4n) is 1.41. The van der Waals surface area contributed by atoms with E-state index < -0.39 is 0 Å². The highest BCUT2D eigenvalue weighted by Gasteiger charge is 2.08. The molecule has 18 heavy (non-hydrogen) atoms. The van der Waals surface area contributed by atoms with Crippen LogP contribution >= 0.6 is 11.8 Å². The molecule has 94 valence electrons. The number of primary amides is 1. The molecule has 0 atom stereocenters. The van der Waals surface area contributed by atoms with E-state index in [9.17, 15) is 4.79 Å². The second-order valence-corrected chi connectivity index (χ2v) is 4.69. The van der Waals surface area contributed by atoms with Gasteiger partial charge in [-0.05, 0) is 29.0 Å². The first-order valence-corrected chi connectivity index (χ1v) is 6.51. The molecule has 1 aromatic heterocycles. The molecule has 0 fully saturated rings. The van der Waals surface area contributed by atoms with Crippen LogP contribution in [0, 0.1) is 0 Å². The molecule has 2 N–H and O–H groups in total. The van der Waals surface area contributed by atoms with Gasteiger partial charge in [-0.1, -0.05) is 30.0 Å². The number of para-hydroxylation sites is 1. The van der Waals surface area contributed by atoms with E-state index in [4.69, 9.17) is 5.73 Å². The molecule has 1 amide bonds. The first kappa shape index (κ1) is 12.6. The first-order chi connectivity index (χ1) is 8.77. The van der Waals surface area contributed by atoms with Gasteiger partial charge in [-0.2, -0.15) is 4.68 Å². The SMILES string of the molecule is NC(=O)CCCSc1nnnn1-c1ccccc1. The number of carbonyl (C=O) groups is 1. The summed E-state index contributed by atoms with van der Waals surface area (Å²) in [5, 5.41) is 12.3. The van der Waals surface area contributed by atoms with Crippen molar-refractivity contribution in [1.82, 2.24) is 20.2 Å². The Morgan fingerprint density at radius 1 is 1.33 bits per heavy atom. The van der Waals surface area contributed by atoms with E-state index in [2.05, 4.69) is 15.5 Å². The van der Waals surface area contributed by atoms with Crippen molar-refractivity contribution < 1.29 is 4.79 Å². The predicted octanol–water partition coefficient (Wildman–Crippen LogP) is 1.02.